The average Bonchev–Trinajstić information content (AvgIpc) is 3.53. The molecule has 0 bridgehead atoms. The molecule has 41 heavy (non-hydrogen) atoms. The average molecular weight is 551 g/mol. The van der Waals surface area contributed by atoms with Crippen molar-refractivity contribution in [2.75, 3.05) is 20.3 Å². The first-order chi connectivity index (χ1) is 20.0. The molecule has 1 aromatic heterocycles. The van der Waals surface area contributed by atoms with Crippen molar-refractivity contribution in [2.24, 2.45) is 27.2 Å². The monoisotopic (exact) mass is 550 g/mol. The Bertz CT molecular complexity index is 1400. The van der Waals surface area contributed by atoms with Gasteiger partial charge in [0.25, 0.3) is 0 Å². The van der Waals surface area contributed by atoms with Crippen molar-refractivity contribution in [1.82, 2.24) is 15.1 Å². The molecule has 0 unspecified atom stereocenters. The van der Waals surface area contributed by atoms with Crippen LogP contribution in [0.2, 0.25) is 0 Å². The second-order valence-electron chi connectivity index (χ2n) is 8.86. The summed E-state index contributed by atoms with van der Waals surface area (Å²) in [5, 5.41) is 7.10. The van der Waals surface area contributed by atoms with Crippen molar-refractivity contribution in [3.63, 3.8) is 0 Å². The highest BCUT2D eigenvalue weighted by atomic mass is 15.3. The lowest BCUT2D eigenvalue weighted by Crippen LogP contribution is -2.17. The van der Waals surface area contributed by atoms with Crippen LogP contribution in [0.25, 0.3) is 5.69 Å². The van der Waals surface area contributed by atoms with E-state index >= 15 is 0 Å². The minimum Gasteiger partial charge on any atom is -0.405 e. The van der Waals surface area contributed by atoms with Crippen LogP contribution >= 0.6 is 0 Å². The fourth-order valence-corrected chi connectivity index (χ4v) is 3.60. The van der Waals surface area contributed by atoms with Gasteiger partial charge in [0.2, 0.25) is 0 Å². The molecule has 0 radical (unpaired) electrons. The van der Waals surface area contributed by atoms with E-state index in [1.807, 2.05) is 74.8 Å². The molecule has 8 nitrogen and oxygen atoms in total. The number of aromatic nitrogens is 2. The maximum Gasteiger partial charge on any atom is 0.127 e. The molecule has 3 aromatic carbocycles. The minimum atomic E-state index is 0.512. The lowest BCUT2D eigenvalue weighted by atomic mass is 10.0. The number of aliphatic imine (C=N–C) groups is 2. The summed E-state index contributed by atoms with van der Waals surface area (Å²) < 4.78 is 1.79. The number of hydrogen-bond acceptors (Lipinski definition) is 6. The van der Waals surface area contributed by atoms with Gasteiger partial charge in [0.15, 0.2) is 0 Å². The number of aryl methyl sites for hydroxylation is 1. The van der Waals surface area contributed by atoms with Crippen LogP contribution in [-0.4, -0.2) is 42.1 Å². The highest BCUT2D eigenvalue weighted by molar-refractivity contribution is 5.97. The number of nitrogens with zero attached hydrogens (tertiary/aromatic N) is 4. The predicted molar refractivity (Wildman–Crippen MR) is 174 cm³/mol. The third kappa shape index (κ3) is 12.7. The normalized spacial score (nSPS) is 11.4. The Morgan fingerprint density at radius 1 is 1.00 bits per heavy atom. The van der Waals surface area contributed by atoms with Crippen LogP contribution in [-0.2, 0) is 6.42 Å². The van der Waals surface area contributed by atoms with Gasteiger partial charge < -0.3 is 22.5 Å². The van der Waals surface area contributed by atoms with E-state index in [2.05, 4.69) is 63.7 Å². The van der Waals surface area contributed by atoms with Gasteiger partial charge in [0, 0.05) is 30.7 Å². The van der Waals surface area contributed by atoms with Crippen molar-refractivity contribution < 1.29 is 0 Å². The Morgan fingerprint density at radius 3 is 2.39 bits per heavy atom. The molecule has 0 aliphatic heterocycles. The fourth-order valence-electron chi connectivity index (χ4n) is 3.60. The van der Waals surface area contributed by atoms with Crippen LogP contribution in [0, 0.1) is 6.92 Å². The topological polar surface area (TPSA) is 133 Å². The van der Waals surface area contributed by atoms with Gasteiger partial charge >= 0.3 is 0 Å². The zero-order valence-electron chi connectivity index (χ0n) is 24.2. The van der Waals surface area contributed by atoms with Crippen molar-refractivity contribution in [3.8, 4) is 5.69 Å². The summed E-state index contributed by atoms with van der Waals surface area (Å²) in [5.41, 5.74) is 22.9. The SMILES string of the molecule is C/C=C\CN.CNC/N=C(\N)c1cccc(-n2cccn2)c1.Cc1cccc(Cc2cccc(N=C/C=C\N)c2)c1. The predicted octanol–water partition coefficient (Wildman–Crippen LogP) is 5.04. The van der Waals surface area contributed by atoms with Crippen molar-refractivity contribution >= 4 is 17.7 Å². The maximum absolute atomic E-state index is 5.88. The summed E-state index contributed by atoms with van der Waals surface area (Å²) in [6, 6.07) is 26.5. The summed E-state index contributed by atoms with van der Waals surface area (Å²) in [7, 11) is 1.83. The van der Waals surface area contributed by atoms with E-state index in [9.17, 15) is 0 Å². The van der Waals surface area contributed by atoms with E-state index in [-0.39, 0.29) is 0 Å². The van der Waals surface area contributed by atoms with Gasteiger partial charge in [-0.25, -0.2) is 4.68 Å². The quantitative estimate of drug-likeness (QED) is 0.132. The Kier molecular flexibility index (Phi) is 15.3. The molecule has 0 amide bonds. The van der Waals surface area contributed by atoms with Crippen molar-refractivity contribution in [2.45, 2.75) is 20.3 Å². The van der Waals surface area contributed by atoms with Gasteiger partial charge in [0.1, 0.15) is 5.84 Å². The standard InChI is InChI=1S/C17H18N2.C12H15N5.C4H9N/c1-14-5-2-6-15(11-14)12-16-7-3-8-17(13-16)19-10-4-9-18;1-14-9-15-12(13)10-4-2-5-11(8-10)17-7-3-6-16-17;1-2-3-4-5/h2-11,13H,12,18H2,1H3;2-8,14H,9H2,1H3,(H2,13,15);2-3H,4-5H2,1H3/b9-4-,19-10?;;3-2-. The Morgan fingerprint density at radius 2 is 1.76 bits per heavy atom. The third-order valence-electron chi connectivity index (χ3n) is 5.51. The van der Waals surface area contributed by atoms with Crippen LogP contribution in [0.15, 0.2) is 126 Å². The van der Waals surface area contributed by atoms with E-state index in [1.54, 1.807) is 23.2 Å². The number of benzene rings is 3. The maximum atomic E-state index is 5.88. The van der Waals surface area contributed by atoms with E-state index < -0.39 is 0 Å². The molecule has 1 heterocycles. The first-order valence-electron chi connectivity index (χ1n) is 13.4. The molecule has 0 saturated heterocycles. The second kappa shape index (κ2) is 19.3. The molecule has 0 spiro atoms. The van der Waals surface area contributed by atoms with E-state index in [0.717, 1.165) is 23.4 Å². The van der Waals surface area contributed by atoms with E-state index in [4.69, 9.17) is 17.2 Å². The van der Waals surface area contributed by atoms with Crippen molar-refractivity contribution in [3.05, 3.63) is 138 Å². The third-order valence-corrected chi connectivity index (χ3v) is 5.51. The summed E-state index contributed by atoms with van der Waals surface area (Å²) >= 11 is 0. The van der Waals surface area contributed by atoms with Gasteiger partial charge in [-0.2, -0.15) is 5.10 Å². The van der Waals surface area contributed by atoms with Gasteiger partial charge in [-0.05, 0) is 81.1 Å². The molecule has 214 valence electrons. The Balaban J connectivity index is 0.000000248. The summed E-state index contributed by atoms with van der Waals surface area (Å²) in [6.45, 7) is 5.24. The van der Waals surface area contributed by atoms with Crippen LogP contribution < -0.4 is 22.5 Å². The number of nitrogens with one attached hydrogen (secondary N) is 1. The lowest BCUT2D eigenvalue weighted by Gasteiger charge is -2.05. The second-order valence-corrected chi connectivity index (χ2v) is 8.86. The van der Waals surface area contributed by atoms with E-state index in [0.29, 0.717) is 19.0 Å². The molecular weight excluding hydrogens is 508 g/mol. The summed E-state index contributed by atoms with van der Waals surface area (Å²) in [5.74, 6) is 0.522. The molecule has 0 aliphatic carbocycles. The Hall–Kier alpha value is -4.79. The fraction of sp³-hybridized carbons (Fsp3) is 0.182. The van der Waals surface area contributed by atoms with E-state index in [1.165, 1.54) is 22.9 Å². The summed E-state index contributed by atoms with van der Waals surface area (Å²) in [4.78, 5) is 8.51. The molecular formula is C33H42N8. The molecule has 7 N–H and O–H groups in total. The number of hydrogen-bond donors (Lipinski definition) is 4. The van der Waals surface area contributed by atoms with Crippen LogP contribution in [0.4, 0.5) is 5.69 Å². The zero-order valence-corrected chi connectivity index (χ0v) is 24.2. The van der Waals surface area contributed by atoms with Gasteiger partial charge in [0.05, 0.1) is 18.0 Å². The first-order valence-corrected chi connectivity index (χ1v) is 13.4. The molecule has 4 aromatic rings. The molecule has 0 fully saturated rings. The minimum absolute atomic E-state index is 0.512. The van der Waals surface area contributed by atoms with Crippen LogP contribution in [0.3, 0.4) is 0 Å². The van der Waals surface area contributed by atoms with Gasteiger partial charge in [-0.15, -0.1) is 0 Å². The number of nitrogens with two attached hydrogens (primary N) is 3. The lowest BCUT2D eigenvalue weighted by molar-refractivity contribution is 0.833. The molecule has 0 atom stereocenters. The highest BCUT2D eigenvalue weighted by Gasteiger charge is 2.01. The number of allylic oxidation sites excluding steroid dienone is 2. The largest absolute Gasteiger partial charge is 0.405 e. The molecule has 0 aliphatic rings. The van der Waals surface area contributed by atoms with Crippen molar-refractivity contribution in [1.29, 1.82) is 0 Å². The highest BCUT2D eigenvalue weighted by Crippen LogP contribution is 2.17. The Labute approximate surface area is 244 Å². The van der Waals surface area contributed by atoms with Crippen LogP contribution in [0.5, 0.6) is 0 Å². The van der Waals surface area contributed by atoms with Crippen LogP contribution in [0.1, 0.15) is 29.2 Å². The van der Waals surface area contributed by atoms with Gasteiger partial charge in [-0.1, -0.05) is 66.2 Å². The molecule has 0 saturated carbocycles. The summed E-state index contributed by atoms with van der Waals surface area (Å²) in [6.07, 6.45) is 13.3. The molecule has 4 rings (SSSR count). The molecule has 8 heteroatoms. The number of rotatable bonds is 9. The van der Waals surface area contributed by atoms with Gasteiger partial charge in [-0.3, -0.25) is 9.98 Å². The zero-order chi connectivity index (χ0) is 29.7. The smallest absolute Gasteiger partial charge is 0.127 e. The first kappa shape index (κ1) is 32.4. The number of amidine groups is 1.